The van der Waals surface area contributed by atoms with E-state index in [0.717, 1.165) is 15.6 Å². The Morgan fingerprint density at radius 1 is 1.13 bits per heavy atom. The van der Waals surface area contributed by atoms with E-state index in [9.17, 15) is 4.79 Å². The summed E-state index contributed by atoms with van der Waals surface area (Å²) in [6, 6.07) is 20.5. The molecule has 0 bridgehead atoms. The van der Waals surface area contributed by atoms with Crippen molar-refractivity contribution in [2.45, 2.75) is 13.0 Å². The van der Waals surface area contributed by atoms with Gasteiger partial charge < -0.3 is 9.73 Å². The first kappa shape index (κ1) is 19.8. The van der Waals surface area contributed by atoms with Crippen LogP contribution in [0.4, 0.5) is 0 Å². The molecule has 1 atom stereocenters. The van der Waals surface area contributed by atoms with E-state index < -0.39 is 0 Å². The first-order chi connectivity index (χ1) is 14.6. The number of hydrogen-bond donors (Lipinski definition) is 1. The first-order valence-corrected chi connectivity index (χ1v) is 10.1. The van der Waals surface area contributed by atoms with E-state index in [0.29, 0.717) is 11.6 Å². The van der Waals surface area contributed by atoms with Crippen molar-refractivity contribution in [2.75, 3.05) is 0 Å². The van der Waals surface area contributed by atoms with E-state index in [4.69, 9.17) is 4.42 Å². The highest BCUT2D eigenvalue weighted by Crippen LogP contribution is 2.22. The van der Waals surface area contributed by atoms with E-state index in [1.54, 1.807) is 24.5 Å². The molecule has 0 fully saturated rings. The summed E-state index contributed by atoms with van der Waals surface area (Å²) in [5.41, 5.74) is 2.01. The van der Waals surface area contributed by atoms with Gasteiger partial charge in [0.1, 0.15) is 11.5 Å². The van der Waals surface area contributed by atoms with Gasteiger partial charge in [-0.25, -0.2) is 0 Å². The lowest BCUT2D eigenvalue weighted by Crippen LogP contribution is -2.30. The minimum absolute atomic E-state index is 0.230. The SMILES string of the molecule is CC(NC(=O)/C(=C/c1ccco1)n1nnnc1-c1ccccc1)c1cccc(Br)c1. The predicted octanol–water partition coefficient (Wildman–Crippen LogP) is 4.57. The number of furan rings is 1. The lowest BCUT2D eigenvalue weighted by atomic mass is 10.1. The quantitative estimate of drug-likeness (QED) is 0.423. The zero-order chi connectivity index (χ0) is 20.9. The number of carbonyl (C=O) groups excluding carboxylic acids is 1. The van der Waals surface area contributed by atoms with E-state index in [2.05, 4.69) is 36.8 Å². The molecule has 4 aromatic rings. The molecule has 0 radical (unpaired) electrons. The molecule has 0 aliphatic heterocycles. The van der Waals surface area contributed by atoms with Gasteiger partial charge >= 0.3 is 0 Å². The lowest BCUT2D eigenvalue weighted by molar-refractivity contribution is -0.116. The van der Waals surface area contributed by atoms with Crippen molar-refractivity contribution in [3.05, 3.63) is 88.8 Å². The molecule has 0 aliphatic rings. The van der Waals surface area contributed by atoms with Crippen LogP contribution in [0, 0.1) is 0 Å². The summed E-state index contributed by atoms with van der Waals surface area (Å²) in [7, 11) is 0. The van der Waals surface area contributed by atoms with Crippen LogP contribution in [0.25, 0.3) is 23.2 Å². The Morgan fingerprint density at radius 3 is 2.70 bits per heavy atom. The monoisotopic (exact) mass is 463 g/mol. The molecular formula is C22H18BrN5O2. The number of halogens is 1. The van der Waals surface area contributed by atoms with E-state index >= 15 is 0 Å². The maximum Gasteiger partial charge on any atom is 0.270 e. The molecule has 150 valence electrons. The number of carbonyl (C=O) groups is 1. The second-order valence-corrected chi connectivity index (χ2v) is 7.49. The Balaban J connectivity index is 1.70. The second-order valence-electron chi connectivity index (χ2n) is 6.58. The number of tetrazole rings is 1. The molecule has 0 saturated carbocycles. The van der Waals surface area contributed by atoms with Crippen molar-refractivity contribution < 1.29 is 9.21 Å². The topological polar surface area (TPSA) is 85.8 Å². The van der Waals surface area contributed by atoms with Crippen LogP contribution in [-0.4, -0.2) is 26.1 Å². The Labute approximate surface area is 181 Å². The second kappa shape index (κ2) is 8.87. The minimum Gasteiger partial charge on any atom is -0.465 e. The first-order valence-electron chi connectivity index (χ1n) is 9.27. The average Bonchev–Trinajstić information content (AvgIpc) is 3.44. The van der Waals surface area contributed by atoms with Crippen LogP contribution in [0.1, 0.15) is 24.3 Å². The molecule has 2 heterocycles. The van der Waals surface area contributed by atoms with Crippen molar-refractivity contribution in [1.29, 1.82) is 0 Å². The number of aromatic nitrogens is 4. The molecule has 1 unspecified atom stereocenters. The molecule has 2 aromatic heterocycles. The molecule has 30 heavy (non-hydrogen) atoms. The summed E-state index contributed by atoms with van der Waals surface area (Å²) in [5, 5.41) is 15.0. The zero-order valence-electron chi connectivity index (χ0n) is 16.1. The van der Waals surface area contributed by atoms with Gasteiger partial charge in [0, 0.05) is 16.1 Å². The average molecular weight is 464 g/mol. The summed E-state index contributed by atoms with van der Waals surface area (Å²) in [5.74, 6) is 0.645. The number of amides is 1. The Hall–Kier alpha value is -3.52. The number of nitrogens with zero attached hydrogens (tertiary/aromatic N) is 4. The molecule has 0 spiro atoms. The molecule has 4 rings (SSSR count). The number of hydrogen-bond acceptors (Lipinski definition) is 5. The summed E-state index contributed by atoms with van der Waals surface area (Å²) < 4.78 is 7.78. The van der Waals surface area contributed by atoms with Crippen LogP contribution in [0.2, 0.25) is 0 Å². The summed E-state index contributed by atoms with van der Waals surface area (Å²) in [6.45, 7) is 1.92. The van der Waals surface area contributed by atoms with Crippen LogP contribution in [-0.2, 0) is 4.79 Å². The third-order valence-electron chi connectivity index (χ3n) is 4.48. The fraction of sp³-hybridized carbons (Fsp3) is 0.0909. The van der Waals surface area contributed by atoms with Crippen molar-refractivity contribution in [2.24, 2.45) is 0 Å². The van der Waals surface area contributed by atoms with Gasteiger partial charge in [0.2, 0.25) is 0 Å². The number of nitrogens with one attached hydrogen (secondary N) is 1. The maximum atomic E-state index is 13.3. The van der Waals surface area contributed by atoms with Crippen LogP contribution in [0.15, 0.2) is 81.9 Å². The van der Waals surface area contributed by atoms with Crippen molar-refractivity contribution in [3.8, 4) is 11.4 Å². The van der Waals surface area contributed by atoms with Gasteiger partial charge in [-0.1, -0.05) is 58.4 Å². The summed E-state index contributed by atoms with van der Waals surface area (Å²) in [6.07, 6.45) is 3.16. The van der Waals surface area contributed by atoms with Crippen molar-refractivity contribution in [1.82, 2.24) is 25.5 Å². The molecule has 0 aliphatic carbocycles. The summed E-state index contributed by atoms with van der Waals surface area (Å²) >= 11 is 3.47. The predicted molar refractivity (Wildman–Crippen MR) is 117 cm³/mol. The van der Waals surface area contributed by atoms with E-state index in [-0.39, 0.29) is 17.6 Å². The Bertz CT molecular complexity index is 1170. The molecule has 0 saturated heterocycles. The van der Waals surface area contributed by atoms with Crippen LogP contribution >= 0.6 is 15.9 Å². The normalized spacial score (nSPS) is 12.5. The van der Waals surface area contributed by atoms with Crippen LogP contribution in [0.5, 0.6) is 0 Å². The van der Waals surface area contributed by atoms with Crippen molar-refractivity contribution in [3.63, 3.8) is 0 Å². The molecule has 8 heteroatoms. The summed E-state index contributed by atoms with van der Waals surface area (Å²) in [4.78, 5) is 13.3. The smallest absolute Gasteiger partial charge is 0.270 e. The van der Waals surface area contributed by atoms with E-state index in [1.807, 2.05) is 61.5 Å². The largest absolute Gasteiger partial charge is 0.465 e. The fourth-order valence-corrected chi connectivity index (χ4v) is 3.39. The molecule has 2 aromatic carbocycles. The van der Waals surface area contributed by atoms with Crippen LogP contribution in [0.3, 0.4) is 0 Å². The third-order valence-corrected chi connectivity index (χ3v) is 4.97. The van der Waals surface area contributed by atoms with E-state index in [1.165, 1.54) is 4.68 Å². The lowest BCUT2D eigenvalue weighted by Gasteiger charge is -2.16. The minimum atomic E-state index is -0.330. The third kappa shape index (κ3) is 4.38. The van der Waals surface area contributed by atoms with Crippen LogP contribution < -0.4 is 5.32 Å². The molecule has 1 N–H and O–H groups in total. The van der Waals surface area contributed by atoms with Crippen molar-refractivity contribution >= 4 is 33.6 Å². The highest BCUT2D eigenvalue weighted by molar-refractivity contribution is 9.10. The molecular weight excluding hydrogens is 446 g/mol. The number of benzene rings is 2. The van der Waals surface area contributed by atoms with Gasteiger partial charge in [0.15, 0.2) is 5.82 Å². The highest BCUT2D eigenvalue weighted by Gasteiger charge is 2.21. The van der Waals surface area contributed by atoms with Gasteiger partial charge in [-0.05, 0) is 47.2 Å². The van der Waals surface area contributed by atoms with Gasteiger partial charge in [0.05, 0.1) is 12.3 Å². The highest BCUT2D eigenvalue weighted by atomic mass is 79.9. The van der Waals surface area contributed by atoms with Gasteiger partial charge in [-0.2, -0.15) is 4.68 Å². The molecule has 7 nitrogen and oxygen atoms in total. The zero-order valence-corrected chi connectivity index (χ0v) is 17.7. The maximum absolute atomic E-state index is 13.3. The number of rotatable bonds is 6. The Kier molecular flexibility index (Phi) is 5.85. The van der Waals surface area contributed by atoms with Gasteiger partial charge in [-0.3, -0.25) is 4.79 Å². The fourth-order valence-electron chi connectivity index (χ4n) is 2.98. The Morgan fingerprint density at radius 2 is 1.97 bits per heavy atom. The molecule has 1 amide bonds. The standard InChI is InChI=1S/C22H18BrN5O2/c1-15(17-9-5-10-18(23)13-17)24-22(29)20(14-19-11-6-12-30-19)28-21(25-26-27-28)16-7-3-2-4-8-16/h2-15H,1H3,(H,24,29)/b20-14-. The van der Waals surface area contributed by atoms with Gasteiger partial charge in [-0.15, -0.1) is 5.10 Å². The van der Waals surface area contributed by atoms with Gasteiger partial charge in [0.25, 0.3) is 5.91 Å².